The highest BCUT2D eigenvalue weighted by molar-refractivity contribution is 6.07. The summed E-state index contributed by atoms with van der Waals surface area (Å²) in [7, 11) is 0. The Kier molecular flexibility index (Phi) is 4.83. The lowest BCUT2D eigenvalue weighted by molar-refractivity contribution is -0.131. The molecule has 1 heterocycles. The van der Waals surface area contributed by atoms with Gasteiger partial charge in [-0.3, -0.25) is 14.5 Å². The Labute approximate surface area is 143 Å². The van der Waals surface area contributed by atoms with Crippen molar-refractivity contribution in [1.29, 1.82) is 0 Å². The van der Waals surface area contributed by atoms with Gasteiger partial charge in [0.15, 0.2) is 0 Å². The van der Waals surface area contributed by atoms with E-state index in [1.54, 1.807) is 0 Å². The molecule has 0 aromatic rings. The van der Waals surface area contributed by atoms with Gasteiger partial charge in [-0.1, -0.05) is 39.5 Å². The smallest absolute Gasteiger partial charge is 0.325 e. The van der Waals surface area contributed by atoms with E-state index in [-0.39, 0.29) is 36.9 Å². The van der Waals surface area contributed by atoms with Crippen molar-refractivity contribution < 1.29 is 14.4 Å². The fourth-order valence-electron chi connectivity index (χ4n) is 4.47. The average molecular weight is 335 g/mol. The highest BCUT2D eigenvalue weighted by atomic mass is 16.2. The summed E-state index contributed by atoms with van der Waals surface area (Å²) in [5, 5.41) is 5.96. The Hall–Kier alpha value is -1.59. The Morgan fingerprint density at radius 3 is 2.62 bits per heavy atom. The van der Waals surface area contributed by atoms with Crippen LogP contribution >= 0.6 is 0 Å². The molecule has 6 heteroatoms. The third-order valence-corrected chi connectivity index (χ3v) is 6.32. The molecular weight excluding hydrogens is 306 g/mol. The zero-order valence-electron chi connectivity index (χ0n) is 14.8. The quantitative estimate of drug-likeness (QED) is 0.773. The van der Waals surface area contributed by atoms with Crippen molar-refractivity contribution in [2.75, 3.05) is 6.54 Å². The maximum absolute atomic E-state index is 12.5. The SMILES string of the molecule is C[C@H]1[C@H](C)CCC[C@@H]1NC(=O)CCN1C(=O)NC2(CCCC2)C1=O. The summed E-state index contributed by atoms with van der Waals surface area (Å²) in [6.45, 7) is 4.60. The fourth-order valence-corrected chi connectivity index (χ4v) is 4.47. The predicted molar refractivity (Wildman–Crippen MR) is 90.2 cm³/mol. The van der Waals surface area contributed by atoms with Crippen molar-refractivity contribution in [2.24, 2.45) is 11.8 Å². The van der Waals surface area contributed by atoms with Crippen LogP contribution in [-0.4, -0.2) is 40.9 Å². The fraction of sp³-hybridized carbons (Fsp3) is 0.833. The van der Waals surface area contributed by atoms with Gasteiger partial charge in [0.05, 0.1) is 0 Å². The molecule has 2 saturated carbocycles. The van der Waals surface area contributed by atoms with Crippen LogP contribution in [0.3, 0.4) is 0 Å². The topological polar surface area (TPSA) is 78.5 Å². The minimum absolute atomic E-state index is 0.0612. The van der Waals surface area contributed by atoms with Crippen molar-refractivity contribution in [1.82, 2.24) is 15.5 Å². The Bertz CT molecular complexity index is 528. The number of imide groups is 1. The molecule has 0 aromatic heterocycles. The molecular formula is C18H29N3O3. The molecule has 1 saturated heterocycles. The van der Waals surface area contributed by atoms with Crippen molar-refractivity contribution in [3.05, 3.63) is 0 Å². The maximum atomic E-state index is 12.5. The third-order valence-electron chi connectivity index (χ3n) is 6.32. The van der Waals surface area contributed by atoms with E-state index >= 15 is 0 Å². The first-order valence-electron chi connectivity index (χ1n) is 9.36. The van der Waals surface area contributed by atoms with Crippen LogP contribution < -0.4 is 10.6 Å². The number of hydrogen-bond donors (Lipinski definition) is 2. The Morgan fingerprint density at radius 1 is 1.21 bits per heavy atom. The number of carbonyl (C=O) groups excluding carboxylic acids is 3. The highest BCUT2D eigenvalue weighted by Gasteiger charge is 2.52. The van der Waals surface area contributed by atoms with E-state index in [0.717, 1.165) is 38.5 Å². The Morgan fingerprint density at radius 2 is 1.92 bits per heavy atom. The molecule has 0 radical (unpaired) electrons. The minimum Gasteiger partial charge on any atom is -0.353 e. The van der Waals surface area contributed by atoms with Crippen molar-refractivity contribution in [2.45, 2.75) is 76.8 Å². The molecule has 0 unspecified atom stereocenters. The molecule has 3 fully saturated rings. The summed E-state index contributed by atoms with van der Waals surface area (Å²) in [6.07, 6.45) is 6.95. The van der Waals surface area contributed by atoms with Crippen molar-refractivity contribution >= 4 is 17.8 Å². The monoisotopic (exact) mass is 335 g/mol. The van der Waals surface area contributed by atoms with Gasteiger partial charge in [-0.25, -0.2) is 4.79 Å². The molecule has 1 spiro atoms. The second-order valence-corrected chi connectivity index (χ2v) is 7.87. The maximum Gasteiger partial charge on any atom is 0.325 e. The first kappa shape index (κ1) is 17.2. The van der Waals surface area contributed by atoms with Gasteiger partial charge in [-0.2, -0.15) is 0 Å². The van der Waals surface area contributed by atoms with Gasteiger partial charge in [-0.15, -0.1) is 0 Å². The Balaban J connectivity index is 1.51. The molecule has 24 heavy (non-hydrogen) atoms. The zero-order valence-corrected chi connectivity index (χ0v) is 14.8. The van der Waals surface area contributed by atoms with Crippen molar-refractivity contribution in [3.8, 4) is 0 Å². The van der Waals surface area contributed by atoms with E-state index in [9.17, 15) is 14.4 Å². The molecule has 3 aliphatic rings. The predicted octanol–water partition coefficient (Wildman–Crippen LogP) is 2.18. The van der Waals surface area contributed by atoms with Crippen LogP contribution in [0.2, 0.25) is 0 Å². The minimum atomic E-state index is -0.680. The standard InChI is InChI=1S/C18H29N3O3/c1-12-6-5-7-14(13(12)2)19-15(22)8-11-21-16(23)18(20-17(21)24)9-3-4-10-18/h12-14H,3-11H2,1-2H3,(H,19,22)(H,20,24)/t12-,13+,14+/m1/s1. The number of hydrogen-bond acceptors (Lipinski definition) is 3. The lowest BCUT2D eigenvalue weighted by Gasteiger charge is -2.34. The molecule has 2 N–H and O–H groups in total. The summed E-state index contributed by atoms with van der Waals surface area (Å²) in [4.78, 5) is 38.2. The summed E-state index contributed by atoms with van der Waals surface area (Å²) in [6, 6.07) is -0.125. The number of urea groups is 1. The molecule has 0 bridgehead atoms. The van der Waals surface area contributed by atoms with Gasteiger partial charge in [-0.05, 0) is 31.1 Å². The molecule has 1 aliphatic heterocycles. The first-order chi connectivity index (χ1) is 11.4. The van der Waals surface area contributed by atoms with Crippen LogP contribution in [0.4, 0.5) is 4.79 Å². The number of nitrogens with one attached hydrogen (secondary N) is 2. The zero-order chi connectivity index (χ0) is 17.3. The third kappa shape index (κ3) is 3.15. The van der Waals surface area contributed by atoms with Crippen LogP contribution in [0.15, 0.2) is 0 Å². The second kappa shape index (κ2) is 6.73. The molecule has 4 amide bonds. The summed E-state index contributed by atoms with van der Waals surface area (Å²) in [5.41, 5.74) is -0.680. The molecule has 3 rings (SSSR count). The van der Waals surface area contributed by atoms with Gasteiger partial charge in [0, 0.05) is 19.0 Å². The van der Waals surface area contributed by atoms with Gasteiger partial charge >= 0.3 is 6.03 Å². The number of amides is 4. The normalized spacial score (nSPS) is 32.2. The number of nitrogens with zero attached hydrogens (tertiary/aromatic N) is 1. The molecule has 3 atom stereocenters. The highest BCUT2D eigenvalue weighted by Crippen LogP contribution is 2.35. The van der Waals surface area contributed by atoms with E-state index in [2.05, 4.69) is 24.5 Å². The average Bonchev–Trinajstić information content (AvgIpc) is 3.09. The molecule has 6 nitrogen and oxygen atoms in total. The lowest BCUT2D eigenvalue weighted by atomic mass is 9.78. The van der Waals surface area contributed by atoms with Gasteiger partial charge in [0.1, 0.15) is 5.54 Å². The first-order valence-corrected chi connectivity index (χ1v) is 9.36. The largest absolute Gasteiger partial charge is 0.353 e. The molecule has 2 aliphatic carbocycles. The van der Waals surface area contributed by atoms with Crippen LogP contribution in [0.1, 0.15) is 65.2 Å². The molecule has 134 valence electrons. The van der Waals surface area contributed by atoms with E-state index < -0.39 is 5.54 Å². The lowest BCUT2D eigenvalue weighted by Crippen LogP contribution is -2.45. The summed E-state index contributed by atoms with van der Waals surface area (Å²) < 4.78 is 0. The van der Waals surface area contributed by atoms with Crippen molar-refractivity contribution in [3.63, 3.8) is 0 Å². The molecule has 0 aromatic carbocycles. The van der Waals surface area contributed by atoms with E-state index in [1.807, 2.05) is 0 Å². The van der Waals surface area contributed by atoms with Crippen LogP contribution in [0, 0.1) is 11.8 Å². The van der Waals surface area contributed by atoms with E-state index in [4.69, 9.17) is 0 Å². The van der Waals surface area contributed by atoms with Gasteiger partial charge in [0.25, 0.3) is 5.91 Å². The van der Waals surface area contributed by atoms with Gasteiger partial charge < -0.3 is 10.6 Å². The van der Waals surface area contributed by atoms with Gasteiger partial charge in [0.2, 0.25) is 5.91 Å². The van der Waals surface area contributed by atoms with Crippen LogP contribution in [0.5, 0.6) is 0 Å². The summed E-state index contributed by atoms with van der Waals surface area (Å²) >= 11 is 0. The van der Waals surface area contributed by atoms with Crippen LogP contribution in [0.25, 0.3) is 0 Å². The number of carbonyl (C=O) groups is 3. The second-order valence-electron chi connectivity index (χ2n) is 7.87. The van der Waals surface area contributed by atoms with E-state index in [0.29, 0.717) is 11.8 Å². The number of rotatable bonds is 4. The van der Waals surface area contributed by atoms with Crippen LogP contribution in [-0.2, 0) is 9.59 Å². The van der Waals surface area contributed by atoms with E-state index in [1.165, 1.54) is 11.3 Å². The summed E-state index contributed by atoms with van der Waals surface area (Å²) in [5.74, 6) is 0.893.